The van der Waals surface area contributed by atoms with Crippen molar-refractivity contribution in [3.05, 3.63) is 69.1 Å². The molecule has 0 spiro atoms. The van der Waals surface area contributed by atoms with Gasteiger partial charge in [0, 0.05) is 78.2 Å². The van der Waals surface area contributed by atoms with Crippen molar-refractivity contribution in [3.8, 4) is 0 Å². The molecule has 0 amide bonds. The largest absolute Gasteiger partial charge is 0.506 e. The molecule has 105 heavy (non-hydrogen) atoms. The highest BCUT2D eigenvalue weighted by Crippen LogP contribution is 2.32. The summed E-state index contributed by atoms with van der Waals surface area (Å²) in [4.78, 5) is 0. The molecular formula is C63H112O42. The van der Waals surface area contributed by atoms with Gasteiger partial charge < -0.3 is 209 Å². The average Bonchev–Trinajstić information content (AvgIpc) is 0.796. The molecule has 0 aromatic rings. The van der Waals surface area contributed by atoms with Crippen molar-refractivity contribution in [1.82, 2.24) is 0 Å². The molecule has 24 unspecified atom stereocenters. The van der Waals surface area contributed by atoms with Gasteiger partial charge in [-0.3, -0.25) is 0 Å². The summed E-state index contributed by atoms with van der Waals surface area (Å²) in [6.07, 6.45) is -53.5. The molecule has 616 valence electrons. The Morgan fingerprint density at radius 3 is 0.648 bits per heavy atom. The summed E-state index contributed by atoms with van der Waals surface area (Å²) in [5, 5.41) is 298. The lowest BCUT2D eigenvalue weighted by atomic mass is 9.98. The summed E-state index contributed by atoms with van der Waals surface area (Å²) in [5.74, 6) is -18.7. The normalized spacial score (nSPS) is 34.4. The van der Waals surface area contributed by atoms with Gasteiger partial charge in [0.25, 0.3) is 0 Å². The Morgan fingerprint density at radius 1 is 0.248 bits per heavy atom. The molecule has 24 atom stereocenters. The van der Waals surface area contributed by atoms with Crippen LogP contribution in [0.25, 0.3) is 0 Å². The Bertz CT molecular complexity index is 2610. The number of aliphatic hydroxyl groups is 27. The quantitative estimate of drug-likeness (QED) is 0.0288. The maximum atomic E-state index is 11.7. The lowest BCUT2D eigenvalue weighted by Gasteiger charge is -2.43. The SMILES string of the molecule is CC(O)COCCC1OC(O)/C(O)=C(\O)C(CCOCC(C)O)OC(O)/C(O)=C(\O)C(CCOCC(C)O)OC(O)/C(O)=C(\O)C(CCOCC(C)O)OC(O)/C(O)=C(/O)C(CCOCC(C)O)OC(O)/C(O)=C(\O)C(CCOCC(C)O)OC2OC(COCC(C)O)C(OC(O)C(O)=C1O)C(O)C2O. The predicted molar refractivity (Wildman–Crippen MR) is 350 cm³/mol. The van der Waals surface area contributed by atoms with Crippen molar-refractivity contribution in [2.45, 2.75) is 235 Å². The van der Waals surface area contributed by atoms with Crippen LogP contribution in [0.1, 0.15) is 87.0 Å². The molecule has 2 bridgehead atoms. The number of aliphatic hydroxyl groups excluding tert-OH is 27. The first-order chi connectivity index (χ1) is 49.2. The molecule has 27 N–H and O–H groups in total. The van der Waals surface area contributed by atoms with Crippen molar-refractivity contribution < 1.29 is 209 Å². The Balaban J connectivity index is 3.21. The maximum absolute atomic E-state index is 11.7. The molecule has 3 aliphatic rings. The number of hydrogen-bond acceptors (Lipinski definition) is 42. The van der Waals surface area contributed by atoms with Gasteiger partial charge in [-0.25, -0.2) is 0 Å². The topological polar surface area (TPSA) is 685 Å². The fourth-order valence-electron chi connectivity index (χ4n) is 9.18. The van der Waals surface area contributed by atoms with Gasteiger partial charge in [-0.1, -0.05) is 0 Å². The van der Waals surface area contributed by atoms with Crippen LogP contribution >= 0.6 is 0 Å². The van der Waals surface area contributed by atoms with Gasteiger partial charge in [0.1, 0.15) is 61.0 Å². The average molecular weight is 1540 g/mol. The third-order valence-corrected chi connectivity index (χ3v) is 14.4. The van der Waals surface area contributed by atoms with E-state index in [4.69, 9.17) is 71.1 Å². The Labute approximate surface area is 603 Å². The second kappa shape index (κ2) is 49.8. The first-order valence-corrected chi connectivity index (χ1v) is 33.4. The van der Waals surface area contributed by atoms with E-state index in [9.17, 15) is 138 Å². The van der Waals surface area contributed by atoms with E-state index in [1.165, 1.54) is 48.5 Å². The minimum Gasteiger partial charge on any atom is -0.506 e. The Morgan fingerprint density at radius 2 is 0.438 bits per heavy atom. The monoisotopic (exact) mass is 1540 g/mol. The lowest BCUT2D eigenvalue weighted by Crippen LogP contribution is -2.61. The minimum absolute atomic E-state index is 0.359. The third-order valence-electron chi connectivity index (χ3n) is 14.4. The molecule has 0 aromatic heterocycles. The van der Waals surface area contributed by atoms with E-state index in [-0.39, 0.29) is 19.8 Å². The van der Waals surface area contributed by atoms with Crippen LogP contribution in [0, 0.1) is 0 Å². The van der Waals surface area contributed by atoms with Crippen LogP contribution < -0.4 is 0 Å². The summed E-state index contributed by atoms with van der Waals surface area (Å²) in [6.45, 7) is 2.24. The van der Waals surface area contributed by atoms with Crippen LogP contribution in [0.15, 0.2) is 69.1 Å². The van der Waals surface area contributed by atoms with E-state index < -0.39 is 328 Å². The molecule has 0 saturated carbocycles. The van der Waals surface area contributed by atoms with Crippen molar-refractivity contribution in [3.63, 3.8) is 0 Å². The lowest BCUT2D eigenvalue weighted by molar-refractivity contribution is -0.331. The zero-order chi connectivity index (χ0) is 79.5. The summed E-state index contributed by atoms with van der Waals surface area (Å²) in [7, 11) is 0. The second-order valence-electron chi connectivity index (χ2n) is 24.8. The molecule has 3 rings (SSSR count). The molecule has 0 aromatic carbocycles. The van der Waals surface area contributed by atoms with Crippen LogP contribution in [0.2, 0.25) is 0 Å². The standard InChI is InChI=1S/C63H112O42/c1-28(64)20-91-14-8-35-42(71)50(79)58(86)100-37(10-16-93-22-30(3)66)44(73)52(81)60(88)102-39(12-18-95-24-32(5)68)46(75)54(83)62(90)105-56-41(27-97-26-34(7)70)104-63(55(84)48(56)77)103-40(13-19-96-25-33(6)69)47(76)53(82)61(89)101-38(11-17-94-23-31(4)67)45(74)51(80)59(87)99-36(9-15-92-21-29(2)65)43(72)49(78)57(85)98-35/h28-41,48,55-90H,8-27H2,1-7H3/b49-43+,50-42+,51-45-,52-44+,53-47+,54-46?. The van der Waals surface area contributed by atoms with Crippen LogP contribution in [0.4, 0.5) is 0 Å². The zero-order valence-electron chi connectivity index (χ0n) is 59.2. The number of ether oxygens (including phenoxy) is 15. The molecule has 42 nitrogen and oxygen atoms in total. The predicted octanol–water partition coefficient (Wildman–Crippen LogP) is -2.86. The first kappa shape index (κ1) is 95.9. The fourth-order valence-corrected chi connectivity index (χ4v) is 9.18. The number of fused-ring (bicyclic) bond motifs is 26. The van der Waals surface area contributed by atoms with Crippen molar-refractivity contribution in [1.29, 1.82) is 0 Å². The van der Waals surface area contributed by atoms with Crippen LogP contribution in [0.3, 0.4) is 0 Å². The first-order valence-electron chi connectivity index (χ1n) is 33.4. The molecule has 1 saturated heterocycles. The van der Waals surface area contributed by atoms with Crippen LogP contribution in [-0.4, -0.2) is 378 Å². The third kappa shape index (κ3) is 35.0. The molecule has 42 heteroatoms. The second-order valence-corrected chi connectivity index (χ2v) is 24.8. The van der Waals surface area contributed by atoms with E-state index in [0.29, 0.717) is 0 Å². The van der Waals surface area contributed by atoms with Crippen molar-refractivity contribution >= 4 is 0 Å². The van der Waals surface area contributed by atoms with E-state index in [1.54, 1.807) is 0 Å². The van der Waals surface area contributed by atoms with E-state index in [0.717, 1.165) is 0 Å². The number of hydrogen-bond donors (Lipinski definition) is 27. The van der Waals surface area contributed by atoms with Crippen LogP contribution in [0.5, 0.6) is 0 Å². The number of rotatable bonds is 34. The minimum atomic E-state index is -2.90. The van der Waals surface area contributed by atoms with E-state index in [2.05, 4.69) is 0 Å². The smallest absolute Gasteiger partial charge is 0.218 e. The molecule has 1 fully saturated rings. The zero-order valence-corrected chi connectivity index (χ0v) is 59.2. The highest BCUT2D eigenvalue weighted by molar-refractivity contribution is 5.15. The van der Waals surface area contributed by atoms with E-state index >= 15 is 0 Å². The highest BCUT2D eigenvalue weighted by atomic mass is 16.7. The van der Waals surface area contributed by atoms with Gasteiger partial charge in [0.2, 0.25) is 37.7 Å². The van der Waals surface area contributed by atoms with Crippen molar-refractivity contribution in [2.75, 3.05) is 92.5 Å². The highest BCUT2D eigenvalue weighted by Gasteiger charge is 2.49. The van der Waals surface area contributed by atoms with Gasteiger partial charge in [0.05, 0.1) is 95.6 Å². The summed E-state index contributed by atoms with van der Waals surface area (Å²) in [6, 6.07) is 0. The van der Waals surface area contributed by atoms with Gasteiger partial charge in [-0.2, -0.15) is 0 Å². The Kier molecular flexibility index (Phi) is 45.5. The summed E-state index contributed by atoms with van der Waals surface area (Å²) < 4.78 is 82.0. The fraction of sp³-hybridized carbons (Fsp3) is 0.810. The molecule has 0 radical (unpaired) electrons. The summed E-state index contributed by atoms with van der Waals surface area (Å²) in [5.41, 5.74) is 0. The molecular weight excluding hydrogens is 1430 g/mol. The van der Waals surface area contributed by atoms with Gasteiger partial charge in [-0.15, -0.1) is 0 Å². The van der Waals surface area contributed by atoms with Gasteiger partial charge in [0.15, 0.2) is 75.4 Å². The van der Waals surface area contributed by atoms with E-state index in [1.807, 2.05) is 0 Å². The van der Waals surface area contributed by atoms with Crippen molar-refractivity contribution in [2.24, 2.45) is 0 Å². The molecule has 0 aliphatic carbocycles. The van der Waals surface area contributed by atoms with Crippen LogP contribution in [-0.2, 0) is 71.1 Å². The summed E-state index contributed by atoms with van der Waals surface area (Å²) >= 11 is 0. The maximum Gasteiger partial charge on any atom is 0.218 e. The Hall–Kier alpha value is -5.16. The van der Waals surface area contributed by atoms with Gasteiger partial charge >= 0.3 is 0 Å². The van der Waals surface area contributed by atoms with Gasteiger partial charge in [-0.05, 0) is 48.5 Å². The molecule has 3 heterocycles. The molecule has 3 aliphatic heterocycles.